The zero-order chi connectivity index (χ0) is 24.1. The van der Waals surface area contributed by atoms with Crippen LogP contribution in [0.4, 0.5) is 0 Å². The highest BCUT2D eigenvalue weighted by Crippen LogP contribution is 2.40. The van der Waals surface area contributed by atoms with E-state index in [-0.39, 0.29) is 5.91 Å². The standard InChI is InChI=1S/C29H45N3O2/c1-5-6-7-10-22-17-23-13-14-24(18-22)32(23)16-9-15-31-20-26(29(33)30-19-21(2)3)25-11-8-12-27(34-4)28(25)31/h8,11-12,20-24H,5-7,9-10,13-19H2,1-4H3,(H,30,33)/t22?,23-,24+. The van der Waals surface area contributed by atoms with E-state index in [2.05, 4.69) is 35.6 Å². The lowest BCUT2D eigenvalue weighted by atomic mass is 9.86. The summed E-state index contributed by atoms with van der Waals surface area (Å²) in [5.74, 6) is 2.23. The Bertz CT molecular complexity index is 936. The Kier molecular flexibility index (Phi) is 8.57. The fraction of sp³-hybridized carbons (Fsp3) is 0.690. The number of nitrogens with one attached hydrogen (secondary N) is 1. The van der Waals surface area contributed by atoms with Crippen molar-refractivity contribution >= 4 is 16.8 Å². The fourth-order valence-corrected chi connectivity index (χ4v) is 6.33. The quantitative estimate of drug-likeness (QED) is 0.375. The van der Waals surface area contributed by atoms with Crippen LogP contribution in [0.2, 0.25) is 0 Å². The highest BCUT2D eigenvalue weighted by molar-refractivity contribution is 6.08. The molecule has 2 aliphatic rings. The maximum absolute atomic E-state index is 12.9. The molecule has 0 saturated carbocycles. The van der Waals surface area contributed by atoms with Crippen molar-refractivity contribution in [2.24, 2.45) is 11.8 Å². The van der Waals surface area contributed by atoms with Crippen molar-refractivity contribution in [3.05, 3.63) is 30.0 Å². The fourth-order valence-electron chi connectivity index (χ4n) is 6.33. The third-order valence-corrected chi connectivity index (χ3v) is 8.01. The lowest BCUT2D eigenvalue weighted by Crippen LogP contribution is -2.43. The molecule has 34 heavy (non-hydrogen) atoms. The molecule has 1 amide bonds. The number of piperidine rings is 1. The number of rotatable bonds is 12. The number of amides is 1. The summed E-state index contributed by atoms with van der Waals surface area (Å²) in [6, 6.07) is 7.60. The second kappa shape index (κ2) is 11.6. The van der Waals surface area contributed by atoms with Gasteiger partial charge in [0.15, 0.2) is 0 Å². The molecule has 188 valence electrons. The van der Waals surface area contributed by atoms with Gasteiger partial charge in [-0.15, -0.1) is 0 Å². The Hall–Kier alpha value is -2.01. The average molecular weight is 468 g/mol. The van der Waals surface area contributed by atoms with Crippen LogP contribution >= 0.6 is 0 Å². The second-order valence-electron chi connectivity index (χ2n) is 11.0. The number of hydrogen-bond donors (Lipinski definition) is 1. The van der Waals surface area contributed by atoms with E-state index in [1.54, 1.807) is 7.11 Å². The molecule has 0 aliphatic carbocycles. The molecule has 5 nitrogen and oxygen atoms in total. The summed E-state index contributed by atoms with van der Waals surface area (Å²) < 4.78 is 7.94. The Morgan fingerprint density at radius 2 is 1.88 bits per heavy atom. The minimum atomic E-state index is 0.00823. The van der Waals surface area contributed by atoms with Crippen LogP contribution in [-0.4, -0.2) is 47.7 Å². The molecule has 5 heteroatoms. The molecule has 4 rings (SSSR count). The number of aryl methyl sites for hydroxylation is 1. The lowest BCUT2D eigenvalue weighted by molar-refractivity contribution is 0.0950. The van der Waals surface area contributed by atoms with Gasteiger partial charge >= 0.3 is 0 Å². The van der Waals surface area contributed by atoms with Gasteiger partial charge in [0, 0.05) is 43.3 Å². The van der Waals surface area contributed by atoms with E-state index < -0.39 is 0 Å². The monoisotopic (exact) mass is 467 g/mol. The third kappa shape index (κ3) is 5.62. The zero-order valence-electron chi connectivity index (χ0n) is 21.8. The maximum Gasteiger partial charge on any atom is 0.253 e. The first kappa shape index (κ1) is 25.1. The van der Waals surface area contributed by atoms with Crippen LogP contribution in [0.1, 0.15) is 88.9 Å². The van der Waals surface area contributed by atoms with E-state index in [0.717, 1.165) is 59.7 Å². The van der Waals surface area contributed by atoms with Crippen LogP contribution < -0.4 is 10.1 Å². The number of aromatic nitrogens is 1. The van der Waals surface area contributed by atoms with Gasteiger partial charge < -0.3 is 14.6 Å². The maximum atomic E-state index is 12.9. The molecule has 0 radical (unpaired) electrons. The van der Waals surface area contributed by atoms with E-state index in [0.29, 0.717) is 12.5 Å². The number of fused-ring (bicyclic) bond motifs is 3. The van der Waals surface area contributed by atoms with Crippen molar-refractivity contribution < 1.29 is 9.53 Å². The van der Waals surface area contributed by atoms with Gasteiger partial charge in [-0.05, 0) is 50.0 Å². The van der Waals surface area contributed by atoms with Crippen molar-refractivity contribution in [2.45, 2.75) is 97.2 Å². The van der Waals surface area contributed by atoms with Gasteiger partial charge in [-0.2, -0.15) is 0 Å². The first-order valence-electron chi connectivity index (χ1n) is 13.7. The number of nitrogens with zero attached hydrogens (tertiary/aromatic N) is 2. The summed E-state index contributed by atoms with van der Waals surface area (Å²) >= 11 is 0. The Morgan fingerprint density at radius 1 is 1.12 bits per heavy atom. The van der Waals surface area contributed by atoms with Gasteiger partial charge in [0.2, 0.25) is 0 Å². The molecule has 3 atom stereocenters. The topological polar surface area (TPSA) is 46.5 Å². The van der Waals surface area contributed by atoms with Crippen LogP contribution in [-0.2, 0) is 6.54 Å². The summed E-state index contributed by atoms with van der Waals surface area (Å²) in [6.07, 6.45) is 14.3. The van der Waals surface area contributed by atoms with Crippen LogP contribution in [0.5, 0.6) is 5.75 Å². The molecule has 1 aromatic carbocycles. The number of carbonyl (C=O) groups excluding carboxylic acids is 1. The summed E-state index contributed by atoms with van der Waals surface area (Å²) in [5, 5.41) is 4.07. The third-order valence-electron chi connectivity index (χ3n) is 8.01. The predicted octanol–water partition coefficient (Wildman–Crippen LogP) is 6.25. The minimum Gasteiger partial charge on any atom is -0.495 e. The first-order chi connectivity index (χ1) is 16.5. The Labute approximate surface area is 206 Å². The van der Waals surface area contributed by atoms with Crippen molar-refractivity contribution in [3.8, 4) is 5.75 Å². The number of hydrogen-bond acceptors (Lipinski definition) is 3. The van der Waals surface area contributed by atoms with Gasteiger partial charge in [-0.1, -0.05) is 58.6 Å². The summed E-state index contributed by atoms with van der Waals surface area (Å²) in [7, 11) is 1.72. The van der Waals surface area contributed by atoms with Crippen LogP contribution in [0, 0.1) is 11.8 Å². The molecule has 1 unspecified atom stereocenters. The van der Waals surface area contributed by atoms with E-state index >= 15 is 0 Å². The smallest absolute Gasteiger partial charge is 0.253 e. The van der Waals surface area contributed by atoms with Crippen LogP contribution in [0.25, 0.3) is 10.9 Å². The highest BCUT2D eigenvalue weighted by atomic mass is 16.5. The van der Waals surface area contributed by atoms with Crippen molar-refractivity contribution in [2.75, 3.05) is 20.2 Å². The van der Waals surface area contributed by atoms with E-state index in [4.69, 9.17) is 4.74 Å². The molecular weight excluding hydrogens is 422 g/mol. The summed E-state index contributed by atoms with van der Waals surface area (Å²) in [4.78, 5) is 15.8. The second-order valence-corrected chi connectivity index (χ2v) is 11.0. The van der Waals surface area contributed by atoms with Crippen LogP contribution in [0.15, 0.2) is 24.4 Å². The number of carbonyl (C=O) groups is 1. The molecule has 1 N–H and O–H groups in total. The largest absolute Gasteiger partial charge is 0.495 e. The van der Waals surface area contributed by atoms with Gasteiger partial charge in [-0.3, -0.25) is 9.69 Å². The SMILES string of the molecule is CCCCCC1C[C@H]2CC[C@@H](C1)N2CCCn1cc(C(=O)NCC(C)C)c2cccc(OC)c21. The first-order valence-corrected chi connectivity index (χ1v) is 13.7. The molecule has 1 aromatic heterocycles. The van der Waals surface area contributed by atoms with E-state index in [1.165, 1.54) is 51.4 Å². The molecule has 3 heterocycles. The molecule has 2 bridgehead atoms. The lowest BCUT2D eigenvalue weighted by Gasteiger charge is -2.39. The highest BCUT2D eigenvalue weighted by Gasteiger charge is 2.39. The Balaban J connectivity index is 1.41. The zero-order valence-corrected chi connectivity index (χ0v) is 21.8. The van der Waals surface area contributed by atoms with Gasteiger partial charge in [0.1, 0.15) is 5.75 Å². The normalized spacial score (nSPS) is 22.6. The number of para-hydroxylation sites is 1. The van der Waals surface area contributed by atoms with Gasteiger partial charge in [-0.25, -0.2) is 0 Å². The molecule has 2 aliphatic heterocycles. The molecular formula is C29H45N3O2. The predicted molar refractivity (Wildman–Crippen MR) is 141 cm³/mol. The minimum absolute atomic E-state index is 0.00823. The van der Waals surface area contributed by atoms with Gasteiger partial charge in [0.25, 0.3) is 5.91 Å². The molecule has 2 fully saturated rings. The van der Waals surface area contributed by atoms with Crippen molar-refractivity contribution in [3.63, 3.8) is 0 Å². The van der Waals surface area contributed by atoms with E-state index in [1.807, 2.05) is 24.4 Å². The molecule has 2 saturated heterocycles. The Morgan fingerprint density at radius 3 is 2.56 bits per heavy atom. The summed E-state index contributed by atoms with van der Waals surface area (Å²) in [5.41, 5.74) is 1.79. The number of methoxy groups -OCH3 is 1. The number of benzene rings is 1. The average Bonchev–Trinajstić information content (AvgIpc) is 3.31. The number of unbranched alkanes of at least 4 members (excludes halogenated alkanes) is 2. The van der Waals surface area contributed by atoms with Crippen molar-refractivity contribution in [1.82, 2.24) is 14.8 Å². The van der Waals surface area contributed by atoms with Crippen LogP contribution in [0.3, 0.4) is 0 Å². The van der Waals surface area contributed by atoms with Gasteiger partial charge in [0.05, 0.1) is 18.2 Å². The molecule has 0 spiro atoms. The molecule has 2 aromatic rings. The van der Waals surface area contributed by atoms with E-state index in [9.17, 15) is 4.79 Å². The summed E-state index contributed by atoms with van der Waals surface area (Å²) in [6.45, 7) is 9.29. The number of ether oxygens (including phenoxy) is 1. The van der Waals surface area contributed by atoms with Crippen molar-refractivity contribution in [1.29, 1.82) is 0 Å².